The average Bonchev–Trinajstić information content (AvgIpc) is 4.15. The SMILES string of the molecule is c1ccc(N2c3cccc4c3B(c3ccccc3N4c3ccc4c(c3)C3(c5ccccc5-4)C4CCC3CC4)c3c2ccc2c3-c3ccccc3C23C2CCC3CC2)cc1. The van der Waals surface area contributed by atoms with Gasteiger partial charge in [0.15, 0.2) is 0 Å². The topological polar surface area (TPSA) is 6.48 Å². The number of nitrogens with zero attached hydrogens (tertiary/aromatic N) is 2. The quantitative estimate of drug-likeness (QED) is 0.162. The average molecular weight is 757 g/mol. The molecule has 0 aromatic heterocycles. The van der Waals surface area contributed by atoms with Crippen molar-refractivity contribution >= 4 is 57.2 Å². The van der Waals surface area contributed by atoms with Gasteiger partial charge in [-0.15, -0.1) is 0 Å². The van der Waals surface area contributed by atoms with Crippen LogP contribution in [-0.4, -0.2) is 6.71 Å². The zero-order valence-electron chi connectivity index (χ0n) is 33.4. The first-order chi connectivity index (χ1) is 29.3. The van der Waals surface area contributed by atoms with Crippen molar-refractivity contribution < 1.29 is 0 Å². The Morgan fingerprint density at radius 1 is 0.373 bits per heavy atom. The summed E-state index contributed by atoms with van der Waals surface area (Å²) in [4.78, 5) is 5.26. The number of hydrogen-bond acceptors (Lipinski definition) is 2. The first-order valence-corrected chi connectivity index (χ1v) is 22.7. The van der Waals surface area contributed by atoms with Gasteiger partial charge in [-0.05, 0) is 184 Å². The molecule has 0 saturated heterocycles. The smallest absolute Gasteiger partial charge is 0.252 e. The zero-order chi connectivity index (χ0) is 38.2. The van der Waals surface area contributed by atoms with Crippen molar-refractivity contribution in [3.05, 3.63) is 174 Å². The van der Waals surface area contributed by atoms with E-state index < -0.39 is 0 Å². The molecule has 0 radical (unpaired) electrons. The number of hydrogen-bond donors (Lipinski definition) is 0. The molecule has 7 aromatic carbocycles. The van der Waals surface area contributed by atoms with Crippen molar-refractivity contribution in [2.24, 2.45) is 23.7 Å². The van der Waals surface area contributed by atoms with E-state index in [1.165, 1.54) is 124 Å². The molecule has 59 heavy (non-hydrogen) atoms. The molecule has 3 heteroatoms. The van der Waals surface area contributed by atoms with Gasteiger partial charge >= 0.3 is 0 Å². The summed E-state index contributed by atoms with van der Waals surface area (Å²) in [5, 5.41) is 0. The van der Waals surface area contributed by atoms with Crippen LogP contribution in [0.4, 0.5) is 34.1 Å². The summed E-state index contributed by atoms with van der Waals surface area (Å²) in [6.45, 7) is 0.108. The summed E-state index contributed by atoms with van der Waals surface area (Å²) in [5.74, 6) is 2.91. The van der Waals surface area contributed by atoms with E-state index in [0.29, 0.717) is 0 Å². The Morgan fingerprint density at radius 3 is 1.61 bits per heavy atom. The van der Waals surface area contributed by atoms with Crippen LogP contribution in [0.2, 0.25) is 0 Å². The van der Waals surface area contributed by atoms with E-state index in [1.54, 1.807) is 22.3 Å². The molecular formula is C56H45BN2. The van der Waals surface area contributed by atoms with Crippen LogP contribution in [-0.2, 0) is 10.8 Å². The van der Waals surface area contributed by atoms with Crippen molar-refractivity contribution in [3.63, 3.8) is 0 Å². The zero-order valence-corrected chi connectivity index (χ0v) is 33.4. The standard InChI is InChI=1S/C56H45BN2/c1-2-11-38(12-3-1)58-49-19-10-20-50-53(49)57(54-51(58)32-31-45-52(54)42-14-5-7-16-44(42)55(45)34-21-22-35(55)24-23-34)47-17-8-9-18-48(47)59(50)39-29-30-41-40-13-4-6-15-43(40)56(46(41)33-39)36-25-26-37(56)28-27-36/h1-20,29-37H,21-28H2. The van der Waals surface area contributed by atoms with Gasteiger partial charge in [0, 0.05) is 45.0 Å². The molecule has 7 aromatic rings. The minimum Gasteiger partial charge on any atom is -0.311 e. The predicted molar refractivity (Wildman–Crippen MR) is 244 cm³/mol. The van der Waals surface area contributed by atoms with Crippen LogP contribution in [0.3, 0.4) is 0 Å². The van der Waals surface area contributed by atoms with E-state index in [0.717, 1.165) is 23.7 Å². The van der Waals surface area contributed by atoms with Crippen LogP contribution < -0.4 is 26.2 Å². The fourth-order valence-electron chi connectivity index (χ4n) is 15.9. The molecule has 6 aliphatic carbocycles. The molecule has 15 rings (SSSR count). The third kappa shape index (κ3) is 3.60. The lowest BCUT2D eigenvalue weighted by Crippen LogP contribution is -2.62. The fraction of sp³-hybridized carbons (Fsp3) is 0.250. The van der Waals surface area contributed by atoms with Gasteiger partial charge < -0.3 is 9.80 Å². The van der Waals surface area contributed by atoms with E-state index in [4.69, 9.17) is 0 Å². The summed E-state index contributed by atoms with van der Waals surface area (Å²) < 4.78 is 0. The molecule has 4 fully saturated rings. The number of anilines is 6. The summed E-state index contributed by atoms with van der Waals surface area (Å²) in [6, 6.07) is 59.6. The Morgan fingerprint density at radius 2 is 0.898 bits per heavy atom. The second-order valence-electron chi connectivity index (χ2n) is 19.3. The van der Waals surface area contributed by atoms with Crippen LogP contribution in [0.25, 0.3) is 22.3 Å². The van der Waals surface area contributed by atoms with Gasteiger partial charge in [0.2, 0.25) is 0 Å². The summed E-state index contributed by atoms with van der Waals surface area (Å²) in [7, 11) is 0. The molecule has 4 bridgehead atoms. The lowest BCUT2D eigenvalue weighted by molar-refractivity contribution is 0.400. The van der Waals surface area contributed by atoms with E-state index in [-0.39, 0.29) is 17.5 Å². The maximum absolute atomic E-state index is 2.66. The third-order valence-electron chi connectivity index (χ3n) is 17.6. The molecule has 2 spiro atoms. The maximum atomic E-state index is 2.66. The van der Waals surface area contributed by atoms with E-state index in [1.807, 2.05) is 0 Å². The molecule has 0 atom stereocenters. The normalized spacial score (nSPS) is 27.5. The molecular weight excluding hydrogens is 711 g/mol. The third-order valence-corrected chi connectivity index (χ3v) is 17.6. The number of benzene rings is 7. The largest absolute Gasteiger partial charge is 0.311 e. The molecule has 2 heterocycles. The van der Waals surface area contributed by atoms with Crippen molar-refractivity contribution in [2.75, 3.05) is 9.80 Å². The van der Waals surface area contributed by atoms with Crippen LogP contribution in [0.15, 0.2) is 152 Å². The Hall–Kier alpha value is -5.80. The van der Waals surface area contributed by atoms with Gasteiger partial charge in [-0.3, -0.25) is 0 Å². The Balaban J connectivity index is 1.01. The lowest BCUT2D eigenvalue weighted by atomic mass is 9.32. The van der Waals surface area contributed by atoms with Crippen LogP contribution >= 0.6 is 0 Å². The lowest BCUT2D eigenvalue weighted by Gasteiger charge is -2.45. The van der Waals surface area contributed by atoms with Crippen LogP contribution in [0.1, 0.15) is 73.6 Å². The number of para-hydroxylation sites is 2. The van der Waals surface area contributed by atoms with Gasteiger partial charge in [-0.2, -0.15) is 0 Å². The number of rotatable bonds is 2. The molecule has 0 unspecified atom stereocenters. The first kappa shape index (κ1) is 32.1. The molecule has 2 nitrogen and oxygen atoms in total. The first-order valence-electron chi connectivity index (χ1n) is 22.7. The van der Waals surface area contributed by atoms with Gasteiger partial charge in [-0.25, -0.2) is 0 Å². The van der Waals surface area contributed by atoms with Crippen molar-refractivity contribution in [1.29, 1.82) is 0 Å². The maximum Gasteiger partial charge on any atom is 0.252 e. The van der Waals surface area contributed by atoms with Crippen LogP contribution in [0.5, 0.6) is 0 Å². The fourth-order valence-corrected chi connectivity index (χ4v) is 15.9. The minimum atomic E-state index is 0.108. The van der Waals surface area contributed by atoms with E-state index >= 15 is 0 Å². The van der Waals surface area contributed by atoms with Gasteiger partial charge in [0.1, 0.15) is 0 Å². The molecule has 0 N–H and O–H groups in total. The van der Waals surface area contributed by atoms with Crippen molar-refractivity contribution in [1.82, 2.24) is 0 Å². The summed E-state index contributed by atoms with van der Waals surface area (Å²) in [5.41, 5.74) is 24.8. The monoisotopic (exact) mass is 756 g/mol. The van der Waals surface area contributed by atoms with Crippen molar-refractivity contribution in [2.45, 2.75) is 62.2 Å². The van der Waals surface area contributed by atoms with E-state index in [9.17, 15) is 0 Å². The summed E-state index contributed by atoms with van der Waals surface area (Å²) in [6.07, 6.45) is 10.8. The highest BCUT2D eigenvalue weighted by atomic mass is 15.2. The Labute approximate surface area is 347 Å². The summed E-state index contributed by atoms with van der Waals surface area (Å²) >= 11 is 0. The second-order valence-corrected chi connectivity index (χ2v) is 19.3. The van der Waals surface area contributed by atoms with E-state index in [2.05, 4.69) is 161 Å². The van der Waals surface area contributed by atoms with Gasteiger partial charge in [0.25, 0.3) is 6.71 Å². The predicted octanol–water partition coefficient (Wildman–Crippen LogP) is 11.9. The highest BCUT2D eigenvalue weighted by Crippen LogP contribution is 2.69. The molecule has 2 aliphatic heterocycles. The Kier molecular flexibility index (Phi) is 6.02. The van der Waals surface area contributed by atoms with Crippen LogP contribution in [0, 0.1) is 23.7 Å². The van der Waals surface area contributed by atoms with Gasteiger partial charge in [0.05, 0.1) is 0 Å². The molecule has 282 valence electrons. The van der Waals surface area contributed by atoms with Crippen molar-refractivity contribution in [3.8, 4) is 22.3 Å². The molecule has 8 aliphatic rings. The molecule has 0 amide bonds. The highest BCUT2D eigenvalue weighted by Gasteiger charge is 2.62. The molecule has 4 saturated carbocycles. The highest BCUT2D eigenvalue weighted by molar-refractivity contribution is 7.01. The van der Waals surface area contributed by atoms with Gasteiger partial charge in [-0.1, -0.05) is 103 Å². The second kappa shape index (κ2) is 11.1. The number of fused-ring (bicyclic) bond motifs is 11. The Bertz CT molecular complexity index is 2940. The minimum absolute atomic E-state index is 0.108.